The van der Waals surface area contributed by atoms with Crippen LogP contribution in [0.15, 0.2) is 60.7 Å². The first-order valence-electron chi connectivity index (χ1n) is 8.86. The van der Waals surface area contributed by atoms with Crippen LogP contribution in [-0.4, -0.2) is 34.2 Å². The second-order valence-electron chi connectivity index (χ2n) is 6.35. The van der Waals surface area contributed by atoms with Crippen LogP contribution in [0.4, 0.5) is 0 Å². The number of rotatable bonds is 11. The third kappa shape index (κ3) is 6.69. The zero-order valence-corrected chi connectivity index (χ0v) is 14.7. The molecule has 0 heterocycles. The van der Waals surface area contributed by atoms with Crippen molar-refractivity contribution in [3.8, 4) is 0 Å². The summed E-state index contributed by atoms with van der Waals surface area (Å²) < 4.78 is 0. The van der Waals surface area contributed by atoms with Gasteiger partial charge < -0.3 is 10.2 Å². The number of aliphatic carboxylic acids is 2. The summed E-state index contributed by atoms with van der Waals surface area (Å²) in [5.74, 6) is -2.03. The predicted molar refractivity (Wildman–Crippen MR) is 100 cm³/mol. The molecule has 0 spiro atoms. The van der Waals surface area contributed by atoms with Crippen LogP contribution in [0.3, 0.4) is 0 Å². The first-order chi connectivity index (χ1) is 12.6. The lowest BCUT2D eigenvalue weighted by atomic mass is 10.0. The first kappa shape index (κ1) is 19.7. The van der Waals surface area contributed by atoms with Gasteiger partial charge in [-0.25, -0.2) is 0 Å². The molecule has 2 aromatic rings. The molecule has 5 heteroatoms. The van der Waals surface area contributed by atoms with Crippen LogP contribution < -0.4 is 5.32 Å². The number of aryl methyl sites for hydroxylation is 2. The van der Waals surface area contributed by atoms with Gasteiger partial charge in [0, 0.05) is 0 Å². The van der Waals surface area contributed by atoms with E-state index in [1.165, 1.54) is 0 Å². The Kier molecular flexibility index (Phi) is 7.83. The standard InChI is InChI=1S/C21H25NO4/c23-20(24)18(13-7-12-16-8-3-1-4-9-16)22-19(21(25)26)15-14-17-10-5-2-6-11-17/h1-6,8-11,18-19,22H,7,12-15H2,(H,23,24)(H,25,26)/t18-,19+/m0/s1. The number of carbonyl (C=O) groups is 2. The van der Waals surface area contributed by atoms with E-state index in [2.05, 4.69) is 5.32 Å². The molecule has 0 amide bonds. The molecule has 3 N–H and O–H groups in total. The third-order valence-corrected chi connectivity index (χ3v) is 4.36. The number of hydrogen-bond acceptors (Lipinski definition) is 3. The summed E-state index contributed by atoms with van der Waals surface area (Å²) in [4.78, 5) is 23.0. The largest absolute Gasteiger partial charge is 0.480 e. The van der Waals surface area contributed by atoms with Gasteiger partial charge in [0.2, 0.25) is 0 Å². The molecule has 2 atom stereocenters. The smallest absolute Gasteiger partial charge is 0.320 e. The van der Waals surface area contributed by atoms with Crippen LogP contribution in [0.2, 0.25) is 0 Å². The molecule has 5 nitrogen and oxygen atoms in total. The lowest BCUT2D eigenvalue weighted by molar-refractivity contribution is -0.142. The SMILES string of the molecule is O=C(O)[C@H](CCCc1ccccc1)N[C@H](CCc1ccccc1)C(=O)O. The van der Waals surface area contributed by atoms with E-state index in [1.54, 1.807) is 0 Å². The van der Waals surface area contributed by atoms with E-state index in [0.717, 1.165) is 17.5 Å². The van der Waals surface area contributed by atoms with Crippen LogP contribution in [0.25, 0.3) is 0 Å². The molecular weight excluding hydrogens is 330 g/mol. The Bertz CT molecular complexity index is 688. The Balaban J connectivity index is 1.87. The van der Waals surface area contributed by atoms with Gasteiger partial charge in [-0.1, -0.05) is 60.7 Å². The Hall–Kier alpha value is -2.66. The second-order valence-corrected chi connectivity index (χ2v) is 6.35. The highest BCUT2D eigenvalue weighted by atomic mass is 16.4. The zero-order chi connectivity index (χ0) is 18.8. The third-order valence-electron chi connectivity index (χ3n) is 4.36. The minimum Gasteiger partial charge on any atom is -0.480 e. The predicted octanol–water partition coefficient (Wildman–Crippen LogP) is 3.14. The normalized spacial score (nSPS) is 13.1. The van der Waals surface area contributed by atoms with Crippen molar-refractivity contribution < 1.29 is 19.8 Å². The van der Waals surface area contributed by atoms with Crippen molar-refractivity contribution >= 4 is 11.9 Å². The molecule has 0 bridgehead atoms. The summed E-state index contributed by atoms with van der Waals surface area (Å²) in [6, 6.07) is 17.7. The lowest BCUT2D eigenvalue weighted by Gasteiger charge is -2.20. The summed E-state index contributed by atoms with van der Waals surface area (Å²) in [6.45, 7) is 0. The Labute approximate surface area is 153 Å². The highest BCUT2D eigenvalue weighted by Gasteiger charge is 2.25. The van der Waals surface area contributed by atoms with Gasteiger partial charge in [0.1, 0.15) is 12.1 Å². The monoisotopic (exact) mass is 355 g/mol. The molecule has 0 saturated heterocycles. The fraction of sp³-hybridized carbons (Fsp3) is 0.333. The van der Waals surface area contributed by atoms with E-state index in [0.29, 0.717) is 25.7 Å². The van der Waals surface area contributed by atoms with E-state index in [9.17, 15) is 19.8 Å². The maximum atomic E-state index is 11.5. The highest BCUT2D eigenvalue weighted by Crippen LogP contribution is 2.10. The van der Waals surface area contributed by atoms with E-state index in [-0.39, 0.29) is 0 Å². The molecule has 2 aromatic carbocycles. The molecule has 0 radical (unpaired) electrons. The average Bonchev–Trinajstić information content (AvgIpc) is 2.65. The summed E-state index contributed by atoms with van der Waals surface area (Å²) >= 11 is 0. The number of nitrogens with one attached hydrogen (secondary N) is 1. The fourth-order valence-corrected chi connectivity index (χ4v) is 2.91. The summed E-state index contributed by atoms with van der Waals surface area (Å²) in [5, 5.41) is 21.7. The zero-order valence-electron chi connectivity index (χ0n) is 14.7. The quantitative estimate of drug-likeness (QED) is 0.576. The Morgan fingerprint density at radius 3 is 1.69 bits per heavy atom. The van der Waals surface area contributed by atoms with Gasteiger partial charge in [-0.3, -0.25) is 14.9 Å². The summed E-state index contributed by atoms with van der Waals surface area (Å²) in [5.41, 5.74) is 2.19. The summed E-state index contributed by atoms with van der Waals surface area (Å²) in [6.07, 6.45) is 2.77. The molecule has 138 valence electrons. The number of hydrogen-bond donors (Lipinski definition) is 3. The van der Waals surface area contributed by atoms with Gasteiger partial charge in [0.05, 0.1) is 0 Å². The van der Waals surface area contributed by atoms with Crippen LogP contribution >= 0.6 is 0 Å². The molecule has 0 aliphatic carbocycles. The number of carboxylic acid groups (broad SMARTS) is 2. The number of benzene rings is 2. The lowest BCUT2D eigenvalue weighted by Crippen LogP contribution is -2.47. The van der Waals surface area contributed by atoms with Gasteiger partial charge in [0.15, 0.2) is 0 Å². The van der Waals surface area contributed by atoms with Gasteiger partial charge in [0.25, 0.3) is 0 Å². The molecule has 2 rings (SSSR count). The molecule has 0 unspecified atom stereocenters. The highest BCUT2D eigenvalue weighted by molar-refractivity contribution is 5.77. The van der Waals surface area contributed by atoms with Gasteiger partial charge in [-0.05, 0) is 43.2 Å². The topological polar surface area (TPSA) is 86.6 Å². The van der Waals surface area contributed by atoms with Crippen LogP contribution in [0.1, 0.15) is 30.4 Å². The van der Waals surface area contributed by atoms with Crippen molar-refractivity contribution in [1.82, 2.24) is 5.32 Å². The molecule has 26 heavy (non-hydrogen) atoms. The molecule has 0 fully saturated rings. The van der Waals surface area contributed by atoms with E-state index in [1.807, 2.05) is 60.7 Å². The van der Waals surface area contributed by atoms with E-state index in [4.69, 9.17) is 0 Å². The average molecular weight is 355 g/mol. The van der Waals surface area contributed by atoms with Gasteiger partial charge in [-0.2, -0.15) is 0 Å². The molecule has 0 aromatic heterocycles. The van der Waals surface area contributed by atoms with E-state index < -0.39 is 24.0 Å². The van der Waals surface area contributed by atoms with Crippen LogP contribution in [-0.2, 0) is 22.4 Å². The van der Waals surface area contributed by atoms with Crippen molar-refractivity contribution in [3.05, 3.63) is 71.8 Å². The molecule has 0 aliphatic rings. The molecular formula is C21H25NO4. The minimum atomic E-state index is -1.02. The van der Waals surface area contributed by atoms with Crippen LogP contribution in [0, 0.1) is 0 Å². The fourth-order valence-electron chi connectivity index (χ4n) is 2.91. The van der Waals surface area contributed by atoms with Crippen molar-refractivity contribution in [2.45, 2.75) is 44.2 Å². The number of carboxylic acids is 2. The maximum Gasteiger partial charge on any atom is 0.320 e. The Morgan fingerprint density at radius 2 is 1.19 bits per heavy atom. The first-order valence-corrected chi connectivity index (χ1v) is 8.86. The van der Waals surface area contributed by atoms with E-state index >= 15 is 0 Å². The Morgan fingerprint density at radius 1 is 0.731 bits per heavy atom. The van der Waals surface area contributed by atoms with Crippen molar-refractivity contribution in [2.24, 2.45) is 0 Å². The van der Waals surface area contributed by atoms with Crippen molar-refractivity contribution in [2.75, 3.05) is 0 Å². The minimum absolute atomic E-state index is 0.349. The van der Waals surface area contributed by atoms with Gasteiger partial charge >= 0.3 is 11.9 Å². The maximum absolute atomic E-state index is 11.5. The van der Waals surface area contributed by atoms with Gasteiger partial charge in [-0.15, -0.1) is 0 Å². The molecule has 0 aliphatic heterocycles. The van der Waals surface area contributed by atoms with Crippen molar-refractivity contribution in [1.29, 1.82) is 0 Å². The summed E-state index contributed by atoms with van der Waals surface area (Å²) in [7, 11) is 0. The second kappa shape index (κ2) is 10.4. The van der Waals surface area contributed by atoms with Crippen LogP contribution in [0.5, 0.6) is 0 Å². The molecule has 0 saturated carbocycles. The van der Waals surface area contributed by atoms with Crippen molar-refractivity contribution in [3.63, 3.8) is 0 Å².